The van der Waals surface area contributed by atoms with Crippen LogP contribution >= 0.6 is 11.3 Å². The van der Waals surface area contributed by atoms with E-state index in [2.05, 4.69) is 39.7 Å². The van der Waals surface area contributed by atoms with Crippen molar-refractivity contribution in [1.82, 2.24) is 14.5 Å². The molecule has 1 aliphatic carbocycles. The molecule has 0 radical (unpaired) electrons. The van der Waals surface area contributed by atoms with Gasteiger partial charge in [-0.15, -0.1) is 11.3 Å². The maximum atomic E-state index is 4.58. The van der Waals surface area contributed by atoms with Crippen LogP contribution < -0.4 is 0 Å². The Hall–Kier alpha value is -1.68. The summed E-state index contributed by atoms with van der Waals surface area (Å²) in [6, 6.07) is 7.02. The fourth-order valence-corrected chi connectivity index (χ4v) is 3.11. The molecule has 3 aromatic rings. The normalized spacial score (nSPS) is 15.4. The molecule has 3 nitrogen and oxygen atoms in total. The second-order valence-corrected chi connectivity index (χ2v) is 6.14. The number of aromatic nitrogens is 3. The molecule has 4 heteroatoms. The maximum absolute atomic E-state index is 4.58. The number of imidazole rings is 1. The predicted octanol–water partition coefficient (Wildman–Crippen LogP) is 3.80. The number of nitrogens with zero attached hydrogens (tertiary/aromatic N) is 3. The maximum Gasteiger partial charge on any atom is 0.0961 e. The van der Waals surface area contributed by atoms with Gasteiger partial charge in [0.05, 0.1) is 34.1 Å². The summed E-state index contributed by atoms with van der Waals surface area (Å²) in [6.45, 7) is 2.12. The summed E-state index contributed by atoms with van der Waals surface area (Å²) in [5, 5.41) is 0. The van der Waals surface area contributed by atoms with E-state index in [1.807, 2.05) is 12.5 Å². The van der Waals surface area contributed by atoms with Crippen molar-refractivity contribution in [2.45, 2.75) is 25.8 Å². The highest BCUT2D eigenvalue weighted by Crippen LogP contribution is 2.37. The van der Waals surface area contributed by atoms with Crippen LogP contribution in [0.15, 0.2) is 30.7 Å². The fraction of sp³-hybridized carbons (Fsp3) is 0.286. The van der Waals surface area contributed by atoms with Crippen LogP contribution in [0.25, 0.3) is 21.6 Å². The first kappa shape index (κ1) is 10.3. The molecule has 0 saturated heterocycles. The smallest absolute Gasteiger partial charge is 0.0961 e. The molecule has 0 aromatic carbocycles. The molecule has 18 heavy (non-hydrogen) atoms. The predicted molar refractivity (Wildman–Crippen MR) is 73.8 cm³/mol. The number of thiophene rings is 1. The summed E-state index contributed by atoms with van der Waals surface area (Å²) in [6.07, 6.45) is 6.47. The molecular formula is C14H13N3S. The van der Waals surface area contributed by atoms with Crippen molar-refractivity contribution in [3.05, 3.63) is 35.6 Å². The van der Waals surface area contributed by atoms with Crippen molar-refractivity contribution >= 4 is 22.4 Å². The van der Waals surface area contributed by atoms with E-state index in [4.69, 9.17) is 0 Å². The number of aryl methyl sites for hydroxylation is 1. The first-order chi connectivity index (χ1) is 8.81. The Balaban J connectivity index is 1.84. The van der Waals surface area contributed by atoms with Gasteiger partial charge in [0.1, 0.15) is 0 Å². The molecule has 1 saturated carbocycles. The Morgan fingerprint density at radius 2 is 2.17 bits per heavy atom. The summed E-state index contributed by atoms with van der Waals surface area (Å²) in [7, 11) is 0. The summed E-state index contributed by atoms with van der Waals surface area (Å²) in [5.74, 6) is 0. The van der Waals surface area contributed by atoms with Gasteiger partial charge < -0.3 is 4.57 Å². The van der Waals surface area contributed by atoms with Gasteiger partial charge in [-0.1, -0.05) is 0 Å². The first-order valence-electron chi connectivity index (χ1n) is 6.21. The molecule has 0 bridgehead atoms. The number of pyridine rings is 1. The molecule has 4 rings (SSSR count). The van der Waals surface area contributed by atoms with E-state index in [1.54, 1.807) is 11.3 Å². The minimum Gasteiger partial charge on any atom is -0.326 e. The standard InChI is InChI=1S/C14H13N3S/c1-9-2-5-14(18-9)12-6-11-13(7-15-12)17(8-16-11)10-3-4-10/h2,5-8,10H,3-4H2,1H3. The molecule has 0 atom stereocenters. The van der Waals surface area contributed by atoms with Crippen molar-refractivity contribution in [2.24, 2.45) is 0 Å². The van der Waals surface area contributed by atoms with E-state index in [1.165, 1.54) is 22.6 Å². The molecular weight excluding hydrogens is 242 g/mol. The quantitative estimate of drug-likeness (QED) is 0.697. The molecule has 1 fully saturated rings. The summed E-state index contributed by atoms with van der Waals surface area (Å²) >= 11 is 1.78. The second-order valence-electron chi connectivity index (χ2n) is 4.85. The Bertz CT molecular complexity index is 722. The first-order valence-corrected chi connectivity index (χ1v) is 7.02. The largest absolute Gasteiger partial charge is 0.326 e. The van der Waals surface area contributed by atoms with Crippen molar-refractivity contribution in [3.8, 4) is 10.6 Å². The van der Waals surface area contributed by atoms with Gasteiger partial charge in [0, 0.05) is 10.9 Å². The third-order valence-corrected chi connectivity index (χ3v) is 4.42. The lowest BCUT2D eigenvalue weighted by molar-refractivity contribution is 0.765. The van der Waals surface area contributed by atoms with Crippen molar-refractivity contribution in [3.63, 3.8) is 0 Å². The summed E-state index contributed by atoms with van der Waals surface area (Å²) in [4.78, 5) is 11.6. The van der Waals surface area contributed by atoms with E-state index in [-0.39, 0.29) is 0 Å². The average Bonchev–Trinajstić information content (AvgIpc) is 2.99. The van der Waals surface area contributed by atoms with Gasteiger partial charge >= 0.3 is 0 Å². The second kappa shape index (κ2) is 3.65. The average molecular weight is 255 g/mol. The van der Waals surface area contributed by atoms with Crippen molar-refractivity contribution in [1.29, 1.82) is 0 Å². The molecule has 1 aliphatic rings. The van der Waals surface area contributed by atoms with E-state index in [0.717, 1.165) is 16.7 Å². The van der Waals surface area contributed by atoms with E-state index >= 15 is 0 Å². The minimum absolute atomic E-state index is 0.659. The van der Waals surface area contributed by atoms with Crippen molar-refractivity contribution in [2.75, 3.05) is 0 Å². The highest BCUT2D eigenvalue weighted by Gasteiger charge is 2.25. The Morgan fingerprint density at radius 1 is 1.28 bits per heavy atom. The van der Waals surface area contributed by atoms with E-state index < -0.39 is 0 Å². The molecule has 0 aliphatic heterocycles. The molecule has 3 heterocycles. The van der Waals surface area contributed by atoms with Gasteiger partial charge in [-0.05, 0) is 38.0 Å². The van der Waals surface area contributed by atoms with E-state index in [0.29, 0.717) is 6.04 Å². The zero-order chi connectivity index (χ0) is 12.1. The summed E-state index contributed by atoms with van der Waals surface area (Å²) in [5.41, 5.74) is 3.24. The third kappa shape index (κ3) is 1.56. The fourth-order valence-electron chi connectivity index (χ4n) is 2.28. The van der Waals surface area contributed by atoms with Crippen LogP contribution in [0.1, 0.15) is 23.8 Å². The molecule has 90 valence electrons. The van der Waals surface area contributed by atoms with Crippen LogP contribution in [-0.4, -0.2) is 14.5 Å². The Labute approximate surface area is 109 Å². The number of rotatable bonds is 2. The number of hydrogen-bond donors (Lipinski definition) is 0. The molecule has 0 N–H and O–H groups in total. The highest BCUT2D eigenvalue weighted by atomic mass is 32.1. The van der Waals surface area contributed by atoms with Gasteiger partial charge in [0.15, 0.2) is 0 Å². The lowest BCUT2D eigenvalue weighted by atomic mass is 10.3. The number of hydrogen-bond acceptors (Lipinski definition) is 3. The highest BCUT2D eigenvalue weighted by molar-refractivity contribution is 7.15. The van der Waals surface area contributed by atoms with Crippen LogP contribution in [0.5, 0.6) is 0 Å². The molecule has 0 amide bonds. The van der Waals surface area contributed by atoms with Gasteiger partial charge in [-0.3, -0.25) is 4.98 Å². The van der Waals surface area contributed by atoms with Crippen LogP contribution in [0.3, 0.4) is 0 Å². The topological polar surface area (TPSA) is 30.7 Å². The van der Waals surface area contributed by atoms with E-state index in [9.17, 15) is 0 Å². The lowest BCUT2D eigenvalue weighted by Crippen LogP contribution is -1.91. The number of fused-ring (bicyclic) bond motifs is 1. The third-order valence-electron chi connectivity index (χ3n) is 3.39. The van der Waals surface area contributed by atoms with Crippen LogP contribution in [0.2, 0.25) is 0 Å². The molecule has 0 spiro atoms. The molecule has 3 aromatic heterocycles. The zero-order valence-electron chi connectivity index (χ0n) is 10.1. The Kier molecular flexibility index (Phi) is 2.08. The van der Waals surface area contributed by atoms with Gasteiger partial charge in [-0.2, -0.15) is 0 Å². The molecule has 0 unspecified atom stereocenters. The van der Waals surface area contributed by atoms with Crippen LogP contribution in [-0.2, 0) is 0 Å². The van der Waals surface area contributed by atoms with Crippen LogP contribution in [0.4, 0.5) is 0 Å². The SMILES string of the molecule is Cc1ccc(-c2cc3ncn(C4CC4)c3cn2)s1. The zero-order valence-corrected chi connectivity index (χ0v) is 10.9. The van der Waals surface area contributed by atoms with Crippen LogP contribution in [0, 0.1) is 6.92 Å². The van der Waals surface area contributed by atoms with Gasteiger partial charge in [0.2, 0.25) is 0 Å². The van der Waals surface area contributed by atoms with Gasteiger partial charge in [-0.25, -0.2) is 4.98 Å². The van der Waals surface area contributed by atoms with Gasteiger partial charge in [0.25, 0.3) is 0 Å². The Morgan fingerprint density at radius 3 is 2.89 bits per heavy atom. The summed E-state index contributed by atoms with van der Waals surface area (Å²) < 4.78 is 2.26. The monoisotopic (exact) mass is 255 g/mol. The lowest BCUT2D eigenvalue weighted by Gasteiger charge is -2.01. The van der Waals surface area contributed by atoms with Crippen molar-refractivity contribution < 1.29 is 0 Å². The minimum atomic E-state index is 0.659.